The third-order valence-corrected chi connectivity index (χ3v) is 7.00. The second kappa shape index (κ2) is 10.0. The Morgan fingerprint density at radius 1 is 1.43 bits per heavy atom. The number of anilines is 1. The molecule has 2 atom stereocenters. The van der Waals surface area contributed by atoms with E-state index in [2.05, 4.69) is 11.4 Å². The lowest BCUT2D eigenvalue weighted by Gasteiger charge is -2.38. The summed E-state index contributed by atoms with van der Waals surface area (Å²) in [5, 5.41) is 23.0. The van der Waals surface area contributed by atoms with Crippen molar-refractivity contribution in [3.8, 4) is 6.07 Å². The van der Waals surface area contributed by atoms with E-state index in [1.165, 1.54) is 11.3 Å². The van der Waals surface area contributed by atoms with E-state index in [0.29, 0.717) is 23.4 Å². The van der Waals surface area contributed by atoms with E-state index in [0.717, 1.165) is 36.1 Å². The summed E-state index contributed by atoms with van der Waals surface area (Å²) in [7, 11) is 0. The number of nitriles is 1. The van der Waals surface area contributed by atoms with E-state index < -0.39 is 0 Å². The minimum atomic E-state index is -0.214. The molecule has 7 heteroatoms. The Morgan fingerprint density at radius 2 is 2.11 bits per heavy atom. The Kier molecular flexibility index (Phi) is 8.02. The van der Waals surface area contributed by atoms with Gasteiger partial charge in [-0.25, -0.2) is 0 Å². The number of hydrogen-bond acceptors (Lipinski definition) is 5. The summed E-state index contributed by atoms with van der Waals surface area (Å²) < 4.78 is 0. The molecule has 0 aromatic carbocycles. The highest BCUT2D eigenvalue weighted by Gasteiger charge is 2.33. The summed E-state index contributed by atoms with van der Waals surface area (Å²) in [5.74, 6) is 0.0659. The van der Waals surface area contributed by atoms with Gasteiger partial charge < -0.3 is 15.3 Å². The Hall–Kier alpha value is -1.91. The molecule has 1 aromatic heterocycles. The number of hydrogen-bond donors (Lipinski definition) is 2. The van der Waals surface area contributed by atoms with E-state index >= 15 is 0 Å². The van der Waals surface area contributed by atoms with Gasteiger partial charge in [-0.3, -0.25) is 9.59 Å². The van der Waals surface area contributed by atoms with Crippen molar-refractivity contribution < 1.29 is 14.7 Å². The minimum Gasteiger partial charge on any atom is -0.394 e. The zero-order valence-corrected chi connectivity index (χ0v) is 18.0. The maximum atomic E-state index is 12.5. The maximum Gasteiger partial charge on any atom is 0.228 e. The van der Waals surface area contributed by atoms with E-state index in [-0.39, 0.29) is 36.4 Å². The van der Waals surface area contributed by atoms with Crippen LogP contribution in [0.4, 0.5) is 5.00 Å². The molecule has 0 aliphatic heterocycles. The van der Waals surface area contributed by atoms with Crippen LogP contribution in [-0.2, 0) is 22.4 Å². The van der Waals surface area contributed by atoms with Gasteiger partial charge in [-0.15, -0.1) is 11.3 Å². The lowest BCUT2D eigenvalue weighted by atomic mass is 9.89. The minimum absolute atomic E-state index is 0.00248. The molecule has 0 radical (unpaired) electrons. The normalized spacial score (nSPS) is 17.1. The molecule has 1 aliphatic rings. The number of thiophene rings is 1. The van der Waals surface area contributed by atoms with Gasteiger partial charge in [0.2, 0.25) is 12.3 Å². The molecular weight excluding hydrogens is 374 g/mol. The summed E-state index contributed by atoms with van der Waals surface area (Å²) in [6, 6.07) is 2.05. The maximum absolute atomic E-state index is 12.5. The number of nitrogens with zero attached hydrogens (tertiary/aromatic N) is 2. The first-order valence-corrected chi connectivity index (χ1v) is 10.9. The number of carbonyl (C=O) groups excluding carboxylic acids is 2. The summed E-state index contributed by atoms with van der Waals surface area (Å²) in [6.45, 7) is 7.91. The Morgan fingerprint density at radius 3 is 2.61 bits per heavy atom. The molecule has 0 spiro atoms. The van der Waals surface area contributed by atoms with Gasteiger partial charge >= 0.3 is 0 Å². The van der Waals surface area contributed by atoms with Gasteiger partial charge in [-0.1, -0.05) is 27.7 Å². The van der Waals surface area contributed by atoms with Crippen molar-refractivity contribution in [1.29, 1.82) is 5.26 Å². The van der Waals surface area contributed by atoms with Crippen molar-refractivity contribution in [2.75, 3.05) is 11.9 Å². The SMILES string of the molecule is CCC(CC)C(=O)Nc1sc2c(c1C#N)CCC(N(C=O)C(CO)C(C)C)C2. The number of carbonyl (C=O) groups is 2. The zero-order valence-electron chi connectivity index (χ0n) is 17.2. The molecule has 0 saturated heterocycles. The first kappa shape index (κ1) is 22.4. The van der Waals surface area contributed by atoms with Gasteiger partial charge in [-0.2, -0.15) is 5.26 Å². The highest BCUT2D eigenvalue weighted by molar-refractivity contribution is 7.16. The van der Waals surface area contributed by atoms with E-state index in [9.17, 15) is 20.0 Å². The second-order valence-electron chi connectivity index (χ2n) is 7.77. The molecule has 1 aromatic rings. The van der Waals surface area contributed by atoms with Gasteiger partial charge in [0.25, 0.3) is 0 Å². The molecule has 154 valence electrons. The third kappa shape index (κ3) is 4.56. The van der Waals surface area contributed by atoms with Crippen molar-refractivity contribution in [3.63, 3.8) is 0 Å². The van der Waals surface area contributed by atoms with Crippen LogP contribution in [0.3, 0.4) is 0 Å². The van der Waals surface area contributed by atoms with Crippen molar-refractivity contribution in [3.05, 3.63) is 16.0 Å². The number of nitrogens with one attached hydrogen (secondary N) is 1. The third-order valence-electron chi connectivity index (χ3n) is 5.83. The lowest BCUT2D eigenvalue weighted by Crippen LogP contribution is -2.48. The fraction of sp³-hybridized carbons (Fsp3) is 0.667. The van der Waals surface area contributed by atoms with Gasteiger partial charge in [0.05, 0.1) is 18.2 Å². The van der Waals surface area contributed by atoms with Crippen molar-refractivity contribution in [1.82, 2.24) is 4.90 Å². The quantitative estimate of drug-likeness (QED) is 0.616. The fourth-order valence-electron chi connectivity index (χ4n) is 3.99. The summed E-state index contributed by atoms with van der Waals surface area (Å²) >= 11 is 1.45. The Balaban J connectivity index is 2.26. The largest absolute Gasteiger partial charge is 0.394 e. The highest BCUT2D eigenvalue weighted by Crippen LogP contribution is 2.39. The average Bonchev–Trinajstić information content (AvgIpc) is 3.02. The first-order chi connectivity index (χ1) is 13.4. The van der Waals surface area contributed by atoms with Crippen molar-refractivity contribution >= 4 is 28.7 Å². The summed E-state index contributed by atoms with van der Waals surface area (Å²) in [5.41, 5.74) is 1.57. The number of fused-ring (bicyclic) bond motifs is 1. The molecule has 2 rings (SSSR count). The molecule has 0 fully saturated rings. The fourth-order valence-corrected chi connectivity index (χ4v) is 5.26. The van der Waals surface area contributed by atoms with Crippen LogP contribution in [0.15, 0.2) is 0 Å². The zero-order chi connectivity index (χ0) is 20.8. The van der Waals surface area contributed by atoms with Crippen LogP contribution in [0.1, 0.15) is 63.0 Å². The van der Waals surface area contributed by atoms with Crippen LogP contribution < -0.4 is 5.32 Å². The first-order valence-electron chi connectivity index (χ1n) is 10.1. The Labute approximate surface area is 171 Å². The van der Waals surface area contributed by atoms with Crippen LogP contribution in [0.5, 0.6) is 0 Å². The predicted molar refractivity (Wildman–Crippen MR) is 111 cm³/mol. The molecule has 1 aliphatic carbocycles. The van der Waals surface area contributed by atoms with Gasteiger partial charge in [0.15, 0.2) is 0 Å². The molecule has 2 unspecified atom stereocenters. The number of amides is 2. The monoisotopic (exact) mass is 405 g/mol. The Bertz CT molecular complexity index is 734. The van der Waals surface area contributed by atoms with Crippen LogP contribution in [0.25, 0.3) is 0 Å². The smallest absolute Gasteiger partial charge is 0.228 e. The molecule has 2 N–H and O–H groups in total. The van der Waals surface area contributed by atoms with Gasteiger partial charge in [0.1, 0.15) is 11.1 Å². The molecule has 0 bridgehead atoms. The average molecular weight is 406 g/mol. The molecule has 28 heavy (non-hydrogen) atoms. The van der Waals surface area contributed by atoms with E-state index in [4.69, 9.17) is 0 Å². The second-order valence-corrected chi connectivity index (χ2v) is 8.87. The number of aliphatic hydroxyl groups excluding tert-OH is 1. The van der Waals surface area contributed by atoms with Crippen LogP contribution >= 0.6 is 11.3 Å². The molecular formula is C21H31N3O3S. The van der Waals surface area contributed by atoms with E-state index in [1.54, 1.807) is 4.90 Å². The molecule has 0 saturated carbocycles. The molecule has 1 heterocycles. The van der Waals surface area contributed by atoms with Crippen LogP contribution in [-0.4, -0.2) is 41.0 Å². The van der Waals surface area contributed by atoms with E-state index in [1.807, 2.05) is 27.7 Å². The molecule has 6 nitrogen and oxygen atoms in total. The highest BCUT2D eigenvalue weighted by atomic mass is 32.1. The number of aliphatic hydroxyl groups is 1. The summed E-state index contributed by atoms with van der Waals surface area (Å²) in [4.78, 5) is 27.0. The van der Waals surface area contributed by atoms with Crippen molar-refractivity contribution in [2.45, 2.75) is 71.9 Å². The number of rotatable bonds is 9. The predicted octanol–water partition coefficient (Wildman–Crippen LogP) is 3.33. The van der Waals surface area contributed by atoms with Crippen LogP contribution in [0.2, 0.25) is 0 Å². The standard InChI is InChI=1S/C21H31N3O3S/c1-5-14(6-2)20(27)23-21-17(10-22)16-8-7-15(9-19(16)28-21)24(12-26)18(11-25)13(3)4/h12-15,18,25H,5-9,11H2,1-4H3,(H,23,27). The molecule has 2 amide bonds. The lowest BCUT2D eigenvalue weighted by molar-refractivity contribution is -0.125. The summed E-state index contributed by atoms with van der Waals surface area (Å²) in [6.07, 6.45) is 4.47. The topological polar surface area (TPSA) is 93.4 Å². The van der Waals surface area contributed by atoms with Crippen molar-refractivity contribution in [2.24, 2.45) is 11.8 Å². The van der Waals surface area contributed by atoms with Crippen LogP contribution in [0, 0.1) is 23.2 Å². The van der Waals surface area contributed by atoms with Gasteiger partial charge in [-0.05, 0) is 37.2 Å². The van der Waals surface area contributed by atoms with Gasteiger partial charge in [0, 0.05) is 23.3 Å².